The van der Waals surface area contributed by atoms with Gasteiger partial charge in [-0.2, -0.15) is 0 Å². The van der Waals surface area contributed by atoms with Crippen LogP contribution in [0, 0.1) is 5.92 Å². The molecule has 0 spiro atoms. The van der Waals surface area contributed by atoms with E-state index in [9.17, 15) is 4.79 Å². The Balaban J connectivity index is 1.50. The Bertz CT molecular complexity index is 423. The summed E-state index contributed by atoms with van der Waals surface area (Å²) in [4.78, 5) is 18.4. The van der Waals surface area contributed by atoms with Gasteiger partial charge in [0.05, 0.1) is 6.20 Å². The summed E-state index contributed by atoms with van der Waals surface area (Å²) in [6, 6.07) is 0. The normalized spacial score (nSPS) is 16.7. The summed E-state index contributed by atoms with van der Waals surface area (Å²) in [6.07, 6.45) is 15.1. The van der Waals surface area contributed by atoms with Crippen LogP contribution in [-0.2, 0) is 0 Å². The fourth-order valence-electron chi connectivity index (χ4n) is 3.46. The molecule has 4 heteroatoms. The highest BCUT2D eigenvalue weighted by atomic mass is 16.3. The highest BCUT2D eigenvalue weighted by Gasteiger charge is 2.19. The van der Waals surface area contributed by atoms with Gasteiger partial charge in [-0.3, -0.25) is 4.79 Å². The predicted molar refractivity (Wildman–Crippen MR) is 92.6 cm³/mol. The number of nitrogens with zero attached hydrogens (tertiary/aromatic N) is 2. The third kappa shape index (κ3) is 6.86. The van der Waals surface area contributed by atoms with Crippen LogP contribution < -0.4 is 0 Å². The zero-order valence-corrected chi connectivity index (χ0v) is 14.6. The highest BCUT2D eigenvalue weighted by Crippen LogP contribution is 2.23. The molecule has 1 fully saturated rings. The summed E-state index contributed by atoms with van der Waals surface area (Å²) in [7, 11) is 0. The smallest absolute Gasteiger partial charge is 0.263 e. The standard InChI is InChI=1S/C19H32N2O2/c1-2-3-4-5-6-13-21-14-10-17(11-15-21)8-7-9-18(22)19-20-12-16-23-19/h12,16-17H,2-11,13-15H2,1H3. The Morgan fingerprint density at radius 2 is 2.00 bits per heavy atom. The number of rotatable bonds is 11. The number of hydrogen-bond acceptors (Lipinski definition) is 4. The van der Waals surface area contributed by atoms with E-state index in [0.29, 0.717) is 6.42 Å². The number of hydrogen-bond donors (Lipinski definition) is 0. The molecule has 1 aromatic rings. The molecule has 2 rings (SSSR count). The first kappa shape index (κ1) is 18.2. The topological polar surface area (TPSA) is 46.3 Å². The molecule has 0 aromatic carbocycles. The lowest BCUT2D eigenvalue weighted by Crippen LogP contribution is -2.34. The molecular formula is C19H32N2O2. The molecule has 1 saturated heterocycles. The second-order valence-corrected chi connectivity index (χ2v) is 6.85. The molecule has 0 amide bonds. The third-order valence-electron chi connectivity index (χ3n) is 4.97. The molecule has 0 aliphatic carbocycles. The minimum absolute atomic E-state index is 0.0412. The molecule has 0 atom stereocenters. The average Bonchev–Trinajstić information content (AvgIpc) is 3.10. The van der Waals surface area contributed by atoms with E-state index in [4.69, 9.17) is 4.42 Å². The van der Waals surface area contributed by atoms with Gasteiger partial charge in [-0.15, -0.1) is 0 Å². The predicted octanol–water partition coefficient (Wildman–Crippen LogP) is 4.71. The molecule has 1 aliphatic heterocycles. The minimum Gasteiger partial charge on any atom is -0.442 e. The summed E-state index contributed by atoms with van der Waals surface area (Å²) in [6.45, 7) is 6.03. The molecular weight excluding hydrogens is 288 g/mol. The second kappa shape index (κ2) is 10.6. The van der Waals surface area contributed by atoms with Gasteiger partial charge in [0.1, 0.15) is 6.26 Å². The third-order valence-corrected chi connectivity index (χ3v) is 4.97. The van der Waals surface area contributed by atoms with Crippen LogP contribution in [0.4, 0.5) is 0 Å². The van der Waals surface area contributed by atoms with Gasteiger partial charge in [0.15, 0.2) is 0 Å². The van der Waals surface area contributed by atoms with E-state index in [1.165, 1.54) is 77.0 Å². The lowest BCUT2D eigenvalue weighted by Gasteiger charge is -2.32. The molecule has 1 aliphatic rings. The van der Waals surface area contributed by atoms with Gasteiger partial charge in [0, 0.05) is 6.42 Å². The lowest BCUT2D eigenvalue weighted by molar-refractivity contribution is 0.0940. The van der Waals surface area contributed by atoms with Crippen molar-refractivity contribution < 1.29 is 9.21 Å². The average molecular weight is 320 g/mol. The van der Waals surface area contributed by atoms with Gasteiger partial charge in [-0.1, -0.05) is 32.6 Å². The maximum absolute atomic E-state index is 11.8. The number of oxazole rings is 1. The number of carbonyl (C=O) groups excluding carboxylic acids is 1. The number of unbranched alkanes of at least 4 members (excludes halogenated alkanes) is 4. The van der Waals surface area contributed by atoms with Crippen molar-refractivity contribution >= 4 is 5.78 Å². The van der Waals surface area contributed by atoms with Crippen molar-refractivity contribution in [2.45, 2.75) is 71.1 Å². The Morgan fingerprint density at radius 1 is 1.22 bits per heavy atom. The van der Waals surface area contributed by atoms with Gasteiger partial charge >= 0.3 is 0 Å². The maximum atomic E-state index is 11.8. The second-order valence-electron chi connectivity index (χ2n) is 6.85. The van der Waals surface area contributed by atoms with Crippen molar-refractivity contribution in [3.05, 3.63) is 18.4 Å². The quantitative estimate of drug-likeness (QED) is 0.437. The molecule has 0 N–H and O–H groups in total. The molecule has 0 bridgehead atoms. The number of piperidine rings is 1. The van der Waals surface area contributed by atoms with Crippen LogP contribution in [-0.4, -0.2) is 35.3 Å². The number of aromatic nitrogens is 1. The van der Waals surface area contributed by atoms with Gasteiger partial charge in [0.25, 0.3) is 5.89 Å². The van der Waals surface area contributed by atoms with Crippen molar-refractivity contribution in [1.29, 1.82) is 0 Å². The van der Waals surface area contributed by atoms with Crippen LogP contribution >= 0.6 is 0 Å². The first-order valence-electron chi connectivity index (χ1n) is 9.44. The number of likely N-dealkylation sites (tertiary alicyclic amines) is 1. The van der Waals surface area contributed by atoms with Crippen LogP contribution in [0.15, 0.2) is 16.9 Å². The molecule has 4 nitrogen and oxygen atoms in total. The van der Waals surface area contributed by atoms with Crippen LogP contribution in [0.25, 0.3) is 0 Å². The van der Waals surface area contributed by atoms with Crippen LogP contribution in [0.2, 0.25) is 0 Å². The maximum Gasteiger partial charge on any atom is 0.263 e. The van der Waals surface area contributed by atoms with E-state index in [1.807, 2.05) is 0 Å². The summed E-state index contributed by atoms with van der Waals surface area (Å²) < 4.78 is 5.05. The molecule has 0 radical (unpaired) electrons. The summed E-state index contributed by atoms with van der Waals surface area (Å²) >= 11 is 0. The van der Waals surface area contributed by atoms with E-state index < -0.39 is 0 Å². The zero-order valence-electron chi connectivity index (χ0n) is 14.6. The van der Waals surface area contributed by atoms with Gasteiger partial charge in [0.2, 0.25) is 5.78 Å². The van der Waals surface area contributed by atoms with Crippen molar-refractivity contribution in [2.24, 2.45) is 5.92 Å². The molecule has 130 valence electrons. The molecule has 2 heterocycles. The largest absolute Gasteiger partial charge is 0.442 e. The molecule has 1 aromatic heterocycles. The minimum atomic E-state index is 0.0412. The Hall–Kier alpha value is -1.16. The summed E-state index contributed by atoms with van der Waals surface area (Å²) in [5.41, 5.74) is 0. The fourth-order valence-corrected chi connectivity index (χ4v) is 3.46. The van der Waals surface area contributed by atoms with Crippen molar-refractivity contribution in [3.63, 3.8) is 0 Å². The molecule has 0 saturated carbocycles. The van der Waals surface area contributed by atoms with E-state index in [0.717, 1.165) is 18.8 Å². The lowest BCUT2D eigenvalue weighted by atomic mass is 9.91. The fraction of sp³-hybridized carbons (Fsp3) is 0.789. The van der Waals surface area contributed by atoms with Gasteiger partial charge in [-0.25, -0.2) is 4.98 Å². The monoisotopic (exact) mass is 320 g/mol. The highest BCUT2D eigenvalue weighted by molar-refractivity contribution is 5.91. The number of Topliss-reactive ketones (excluding diaryl/α,β-unsaturated/α-hetero) is 1. The van der Waals surface area contributed by atoms with Crippen molar-refractivity contribution in [2.75, 3.05) is 19.6 Å². The van der Waals surface area contributed by atoms with E-state index in [-0.39, 0.29) is 11.7 Å². The van der Waals surface area contributed by atoms with Crippen LogP contribution in [0.1, 0.15) is 81.8 Å². The molecule has 0 unspecified atom stereocenters. The van der Waals surface area contributed by atoms with Gasteiger partial charge in [-0.05, 0) is 57.7 Å². The zero-order chi connectivity index (χ0) is 16.3. The first-order valence-corrected chi connectivity index (χ1v) is 9.44. The van der Waals surface area contributed by atoms with E-state index in [2.05, 4.69) is 16.8 Å². The Labute approximate surface area is 140 Å². The van der Waals surface area contributed by atoms with Crippen LogP contribution in [0.5, 0.6) is 0 Å². The summed E-state index contributed by atoms with van der Waals surface area (Å²) in [5, 5.41) is 0. The van der Waals surface area contributed by atoms with Crippen molar-refractivity contribution in [1.82, 2.24) is 9.88 Å². The Morgan fingerprint density at radius 3 is 2.70 bits per heavy atom. The molecule has 23 heavy (non-hydrogen) atoms. The number of ketones is 1. The van der Waals surface area contributed by atoms with E-state index >= 15 is 0 Å². The van der Waals surface area contributed by atoms with Crippen LogP contribution in [0.3, 0.4) is 0 Å². The Kier molecular flexibility index (Phi) is 8.37. The van der Waals surface area contributed by atoms with E-state index in [1.54, 1.807) is 0 Å². The first-order chi connectivity index (χ1) is 11.3. The summed E-state index contributed by atoms with van der Waals surface area (Å²) in [5.74, 6) is 1.10. The SMILES string of the molecule is CCCCCCCN1CCC(CCCC(=O)c2ncco2)CC1. The van der Waals surface area contributed by atoms with Gasteiger partial charge < -0.3 is 9.32 Å². The number of carbonyl (C=O) groups is 1. The van der Waals surface area contributed by atoms with Crippen molar-refractivity contribution in [3.8, 4) is 0 Å².